The van der Waals surface area contributed by atoms with E-state index >= 15 is 0 Å². The highest BCUT2D eigenvalue weighted by molar-refractivity contribution is 5.91. The molecule has 1 heterocycles. The van der Waals surface area contributed by atoms with Crippen molar-refractivity contribution in [3.8, 4) is 0 Å². The van der Waals surface area contributed by atoms with Crippen LogP contribution in [0.15, 0.2) is 0 Å². The van der Waals surface area contributed by atoms with Crippen molar-refractivity contribution in [2.75, 3.05) is 13.2 Å². The maximum atomic E-state index is 11.2. The first-order valence-corrected chi connectivity index (χ1v) is 4.66. The van der Waals surface area contributed by atoms with Crippen molar-refractivity contribution in [3.05, 3.63) is 0 Å². The van der Waals surface area contributed by atoms with E-state index in [4.69, 9.17) is 5.11 Å². The molecule has 2 N–H and O–H groups in total. The molecule has 0 aromatic rings. The lowest BCUT2D eigenvalue weighted by Crippen LogP contribution is -2.36. The fraction of sp³-hybridized carbons (Fsp3) is 0.667. The number of carbonyl (C=O) groups is 3. The number of carbonyl (C=O) groups excluding carboxylic acids is 2. The van der Waals surface area contributed by atoms with Gasteiger partial charge in [-0.05, 0) is 6.92 Å². The summed E-state index contributed by atoms with van der Waals surface area (Å²) in [6, 6.07) is 0. The second-order valence-electron chi connectivity index (χ2n) is 3.52. The maximum Gasteiger partial charge on any atom is 0.312 e. The minimum Gasteiger partial charge on any atom is -0.481 e. The number of aliphatic carboxylic acids is 1. The Bertz CT molecular complexity index is 301. The number of esters is 1. The molecular weight excluding hydrogens is 202 g/mol. The Labute approximate surface area is 86.6 Å². The Morgan fingerprint density at radius 2 is 2.27 bits per heavy atom. The van der Waals surface area contributed by atoms with Gasteiger partial charge in [0.2, 0.25) is 5.91 Å². The fourth-order valence-electron chi connectivity index (χ4n) is 1.54. The first kappa shape index (κ1) is 11.5. The van der Waals surface area contributed by atoms with E-state index in [0.29, 0.717) is 0 Å². The molecule has 1 aliphatic rings. The van der Waals surface area contributed by atoms with Crippen LogP contribution >= 0.6 is 0 Å². The molecule has 1 rings (SSSR count). The third kappa shape index (κ3) is 2.45. The molecule has 1 saturated heterocycles. The van der Waals surface area contributed by atoms with Crippen LogP contribution in [0, 0.1) is 5.41 Å². The summed E-state index contributed by atoms with van der Waals surface area (Å²) in [4.78, 5) is 33.2. The summed E-state index contributed by atoms with van der Waals surface area (Å²) in [6.07, 6.45) is -0.434. The first-order chi connectivity index (χ1) is 7.00. The Balaban J connectivity index is 2.71. The quantitative estimate of drug-likeness (QED) is 0.618. The zero-order valence-corrected chi connectivity index (χ0v) is 8.41. The zero-order valence-electron chi connectivity index (χ0n) is 8.41. The molecule has 6 heteroatoms. The van der Waals surface area contributed by atoms with E-state index in [1.165, 1.54) is 0 Å². The van der Waals surface area contributed by atoms with Gasteiger partial charge < -0.3 is 15.2 Å². The number of ether oxygens (including phenoxy) is 1. The second kappa shape index (κ2) is 4.29. The number of rotatable bonds is 4. The number of carboxylic acids is 1. The highest BCUT2D eigenvalue weighted by atomic mass is 16.5. The summed E-state index contributed by atoms with van der Waals surface area (Å²) in [7, 11) is 0. The predicted octanol–water partition coefficient (Wildman–Crippen LogP) is -0.470. The molecule has 6 nitrogen and oxygen atoms in total. The van der Waals surface area contributed by atoms with E-state index in [-0.39, 0.29) is 31.9 Å². The molecule has 1 amide bonds. The Morgan fingerprint density at radius 3 is 2.67 bits per heavy atom. The van der Waals surface area contributed by atoms with Gasteiger partial charge in [0.25, 0.3) is 0 Å². The van der Waals surface area contributed by atoms with E-state index in [9.17, 15) is 14.4 Å². The molecule has 0 radical (unpaired) electrons. The third-order valence-corrected chi connectivity index (χ3v) is 2.36. The van der Waals surface area contributed by atoms with Gasteiger partial charge in [0.15, 0.2) is 0 Å². The molecular formula is C9H13NO5. The number of amides is 1. The van der Waals surface area contributed by atoms with Crippen LogP contribution in [0.25, 0.3) is 0 Å². The maximum absolute atomic E-state index is 11.2. The van der Waals surface area contributed by atoms with Gasteiger partial charge in [-0.2, -0.15) is 0 Å². The van der Waals surface area contributed by atoms with Gasteiger partial charge in [-0.25, -0.2) is 0 Å². The summed E-state index contributed by atoms with van der Waals surface area (Å²) in [5, 5.41) is 11.4. The average Bonchev–Trinajstić information content (AvgIpc) is 2.49. The fourth-order valence-corrected chi connectivity index (χ4v) is 1.54. The molecule has 0 aliphatic carbocycles. The van der Waals surface area contributed by atoms with Gasteiger partial charge in [0.05, 0.1) is 13.0 Å². The minimum absolute atomic E-state index is 0.0139. The highest BCUT2D eigenvalue weighted by Crippen LogP contribution is 2.30. The van der Waals surface area contributed by atoms with Crippen LogP contribution in [-0.4, -0.2) is 36.1 Å². The van der Waals surface area contributed by atoms with Gasteiger partial charge in [0.1, 0.15) is 5.41 Å². The van der Waals surface area contributed by atoms with E-state index in [1.807, 2.05) is 0 Å². The molecule has 1 unspecified atom stereocenters. The molecule has 1 atom stereocenters. The lowest BCUT2D eigenvalue weighted by molar-refractivity contribution is -0.157. The van der Waals surface area contributed by atoms with Crippen LogP contribution in [-0.2, 0) is 19.1 Å². The Hall–Kier alpha value is -1.59. The van der Waals surface area contributed by atoms with Gasteiger partial charge >= 0.3 is 11.9 Å². The smallest absolute Gasteiger partial charge is 0.312 e. The average molecular weight is 215 g/mol. The second-order valence-corrected chi connectivity index (χ2v) is 3.52. The van der Waals surface area contributed by atoms with Crippen LogP contribution in [0.1, 0.15) is 19.8 Å². The number of nitrogens with one attached hydrogen (secondary N) is 1. The molecule has 0 bridgehead atoms. The minimum atomic E-state index is -1.33. The van der Waals surface area contributed by atoms with Crippen molar-refractivity contribution in [2.24, 2.45) is 5.41 Å². The van der Waals surface area contributed by atoms with Crippen molar-refractivity contribution < 1.29 is 24.2 Å². The Morgan fingerprint density at radius 1 is 1.60 bits per heavy atom. The molecule has 1 fully saturated rings. The van der Waals surface area contributed by atoms with Crippen LogP contribution in [0.2, 0.25) is 0 Å². The first-order valence-electron chi connectivity index (χ1n) is 4.66. The van der Waals surface area contributed by atoms with Gasteiger partial charge in [-0.1, -0.05) is 0 Å². The van der Waals surface area contributed by atoms with Crippen LogP contribution < -0.4 is 5.32 Å². The highest BCUT2D eigenvalue weighted by Gasteiger charge is 2.47. The Kier molecular flexibility index (Phi) is 3.28. The summed E-state index contributed by atoms with van der Waals surface area (Å²) in [5.74, 6) is -2.08. The summed E-state index contributed by atoms with van der Waals surface area (Å²) in [5.41, 5.74) is -1.33. The molecule has 84 valence electrons. The van der Waals surface area contributed by atoms with Crippen molar-refractivity contribution in [2.45, 2.75) is 19.8 Å². The molecule has 0 aromatic carbocycles. The lowest BCUT2D eigenvalue weighted by atomic mass is 9.83. The van der Waals surface area contributed by atoms with Crippen molar-refractivity contribution in [1.29, 1.82) is 0 Å². The van der Waals surface area contributed by atoms with E-state index in [1.54, 1.807) is 6.92 Å². The molecule has 0 spiro atoms. The number of hydrogen-bond acceptors (Lipinski definition) is 4. The van der Waals surface area contributed by atoms with E-state index in [0.717, 1.165) is 0 Å². The predicted molar refractivity (Wildman–Crippen MR) is 48.9 cm³/mol. The van der Waals surface area contributed by atoms with E-state index < -0.39 is 17.4 Å². The summed E-state index contributed by atoms with van der Waals surface area (Å²) >= 11 is 0. The van der Waals surface area contributed by atoms with Crippen molar-refractivity contribution in [1.82, 2.24) is 5.32 Å². The van der Waals surface area contributed by atoms with Gasteiger partial charge in [0, 0.05) is 13.0 Å². The lowest BCUT2D eigenvalue weighted by Gasteiger charge is -2.19. The van der Waals surface area contributed by atoms with Crippen molar-refractivity contribution in [3.63, 3.8) is 0 Å². The molecule has 0 saturated carbocycles. The van der Waals surface area contributed by atoms with E-state index in [2.05, 4.69) is 10.1 Å². The molecule has 1 aliphatic heterocycles. The summed E-state index contributed by atoms with van der Waals surface area (Å²) < 4.78 is 4.67. The van der Waals surface area contributed by atoms with Crippen LogP contribution in [0.5, 0.6) is 0 Å². The van der Waals surface area contributed by atoms with Crippen LogP contribution in [0.4, 0.5) is 0 Å². The zero-order chi connectivity index (χ0) is 11.5. The molecule has 15 heavy (non-hydrogen) atoms. The standard InChI is InChI=1S/C9H13NO5/c1-2-15-7(12)4-9(8(13)14)3-6(11)10-5-9/h2-5H2,1H3,(H,10,11)(H,13,14). The van der Waals surface area contributed by atoms with Gasteiger partial charge in [-0.15, -0.1) is 0 Å². The summed E-state index contributed by atoms with van der Waals surface area (Å²) in [6.45, 7) is 1.83. The van der Waals surface area contributed by atoms with Crippen LogP contribution in [0.3, 0.4) is 0 Å². The number of hydrogen-bond donors (Lipinski definition) is 2. The normalized spacial score (nSPS) is 24.7. The topological polar surface area (TPSA) is 92.7 Å². The molecule has 0 aromatic heterocycles. The number of carboxylic acid groups (broad SMARTS) is 1. The third-order valence-electron chi connectivity index (χ3n) is 2.36. The van der Waals surface area contributed by atoms with Crippen molar-refractivity contribution >= 4 is 17.8 Å². The SMILES string of the molecule is CCOC(=O)CC1(C(=O)O)CNC(=O)C1. The monoisotopic (exact) mass is 215 g/mol. The largest absolute Gasteiger partial charge is 0.481 e. The van der Waals surface area contributed by atoms with Gasteiger partial charge in [-0.3, -0.25) is 14.4 Å².